The summed E-state index contributed by atoms with van der Waals surface area (Å²) < 4.78 is 0. The van der Waals surface area contributed by atoms with E-state index in [1.807, 2.05) is 6.92 Å². The fourth-order valence-corrected chi connectivity index (χ4v) is 3.82. The number of aliphatic carboxylic acids is 1. The Morgan fingerprint density at radius 2 is 1.86 bits per heavy atom. The topological polar surface area (TPSA) is 37.3 Å². The molecule has 2 saturated carbocycles. The Kier molecular flexibility index (Phi) is 2.54. The fourth-order valence-electron chi connectivity index (χ4n) is 3.82. The first-order chi connectivity index (χ1) is 6.66. The van der Waals surface area contributed by atoms with Crippen LogP contribution in [0.25, 0.3) is 0 Å². The Labute approximate surface area is 85.7 Å². The van der Waals surface area contributed by atoms with Crippen molar-refractivity contribution >= 4 is 5.97 Å². The van der Waals surface area contributed by atoms with Gasteiger partial charge in [0.25, 0.3) is 0 Å². The van der Waals surface area contributed by atoms with Gasteiger partial charge < -0.3 is 5.11 Å². The van der Waals surface area contributed by atoms with E-state index < -0.39 is 5.97 Å². The molecule has 0 saturated heterocycles. The van der Waals surface area contributed by atoms with E-state index in [1.54, 1.807) is 0 Å². The Morgan fingerprint density at radius 3 is 2.43 bits per heavy atom. The summed E-state index contributed by atoms with van der Waals surface area (Å²) in [6.07, 6.45) is 8.90. The van der Waals surface area contributed by atoms with Gasteiger partial charge in [-0.3, -0.25) is 4.79 Å². The molecule has 1 spiro atoms. The lowest BCUT2D eigenvalue weighted by Gasteiger charge is -2.33. The zero-order valence-electron chi connectivity index (χ0n) is 8.96. The number of carbonyl (C=O) groups is 1. The second-order valence-corrected chi connectivity index (χ2v) is 5.20. The van der Waals surface area contributed by atoms with Gasteiger partial charge in [0.1, 0.15) is 0 Å². The van der Waals surface area contributed by atoms with Gasteiger partial charge in [0.2, 0.25) is 0 Å². The van der Waals surface area contributed by atoms with Crippen LogP contribution in [-0.2, 0) is 4.79 Å². The molecule has 0 amide bonds. The zero-order chi connectivity index (χ0) is 10.2. The third-order valence-electron chi connectivity index (χ3n) is 4.57. The maximum absolute atomic E-state index is 11.0. The molecule has 80 valence electrons. The molecular formula is C12H20O2. The fraction of sp³-hybridized carbons (Fsp3) is 0.917. The molecule has 0 radical (unpaired) electrons. The van der Waals surface area contributed by atoms with Gasteiger partial charge in [-0.15, -0.1) is 0 Å². The van der Waals surface area contributed by atoms with Crippen LogP contribution in [0.5, 0.6) is 0 Å². The average molecular weight is 196 g/mol. The van der Waals surface area contributed by atoms with E-state index in [2.05, 4.69) is 0 Å². The Bertz CT molecular complexity index is 223. The van der Waals surface area contributed by atoms with Crippen molar-refractivity contribution in [1.29, 1.82) is 0 Å². The van der Waals surface area contributed by atoms with Gasteiger partial charge in [-0.25, -0.2) is 0 Å². The summed E-state index contributed by atoms with van der Waals surface area (Å²) in [4.78, 5) is 11.0. The van der Waals surface area contributed by atoms with Gasteiger partial charge in [0.15, 0.2) is 0 Å². The molecule has 0 heterocycles. The van der Waals surface area contributed by atoms with E-state index in [0.29, 0.717) is 11.3 Å². The molecule has 0 bridgehead atoms. The summed E-state index contributed by atoms with van der Waals surface area (Å²) in [6.45, 7) is 1.90. The van der Waals surface area contributed by atoms with Crippen molar-refractivity contribution in [2.24, 2.45) is 17.3 Å². The molecule has 2 fully saturated rings. The summed E-state index contributed by atoms with van der Waals surface area (Å²) >= 11 is 0. The first-order valence-electron chi connectivity index (χ1n) is 5.88. The standard InChI is InChI=1S/C12H20O2/c1-9(11(13)14)10-5-4-8-12(10)6-2-3-7-12/h9-10H,2-8H2,1H3,(H,13,14). The van der Waals surface area contributed by atoms with Crippen LogP contribution in [0, 0.1) is 17.3 Å². The van der Waals surface area contributed by atoms with Crippen LogP contribution in [0.2, 0.25) is 0 Å². The van der Waals surface area contributed by atoms with E-state index >= 15 is 0 Å². The molecule has 0 aliphatic heterocycles. The maximum Gasteiger partial charge on any atom is 0.306 e. The lowest BCUT2D eigenvalue weighted by Crippen LogP contribution is -2.31. The van der Waals surface area contributed by atoms with E-state index in [9.17, 15) is 4.79 Å². The highest BCUT2D eigenvalue weighted by atomic mass is 16.4. The maximum atomic E-state index is 11.0. The predicted octanol–water partition coefficient (Wildman–Crippen LogP) is 3.07. The molecule has 0 aromatic rings. The van der Waals surface area contributed by atoms with Crippen LogP contribution >= 0.6 is 0 Å². The summed E-state index contributed by atoms with van der Waals surface area (Å²) in [5.41, 5.74) is 0.428. The van der Waals surface area contributed by atoms with Gasteiger partial charge in [-0.05, 0) is 37.0 Å². The molecule has 0 aromatic carbocycles. The Morgan fingerprint density at radius 1 is 1.29 bits per heavy atom. The van der Waals surface area contributed by atoms with Crippen molar-refractivity contribution in [3.63, 3.8) is 0 Å². The number of hydrogen-bond acceptors (Lipinski definition) is 1. The molecule has 2 nitrogen and oxygen atoms in total. The third-order valence-corrected chi connectivity index (χ3v) is 4.57. The molecule has 2 unspecified atom stereocenters. The molecule has 2 atom stereocenters. The molecule has 0 aromatic heterocycles. The van der Waals surface area contributed by atoms with E-state index in [4.69, 9.17) is 5.11 Å². The molecule has 2 aliphatic rings. The lowest BCUT2D eigenvalue weighted by atomic mass is 9.71. The third kappa shape index (κ3) is 1.45. The van der Waals surface area contributed by atoms with Gasteiger partial charge in [-0.2, -0.15) is 0 Å². The SMILES string of the molecule is CC(C(=O)O)C1CCCC12CCCC2. The summed E-state index contributed by atoms with van der Waals surface area (Å²) in [6, 6.07) is 0. The van der Waals surface area contributed by atoms with Gasteiger partial charge in [0.05, 0.1) is 5.92 Å². The van der Waals surface area contributed by atoms with Crippen molar-refractivity contribution in [3.05, 3.63) is 0 Å². The van der Waals surface area contributed by atoms with Crippen molar-refractivity contribution < 1.29 is 9.90 Å². The highest BCUT2D eigenvalue weighted by Crippen LogP contribution is 2.56. The molecule has 2 aliphatic carbocycles. The molecule has 14 heavy (non-hydrogen) atoms. The largest absolute Gasteiger partial charge is 0.481 e. The first-order valence-corrected chi connectivity index (χ1v) is 5.88. The second-order valence-electron chi connectivity index (χ2n) is 5.20. The van der Waals surface area contributed by atoms with Crippen molar-refractivity contribution in [1.82, 2.24) is 0 Å². The van der Waals surface area contributed by atoms with Crippen LogP contribution in [-0.4, -0.2) is 11.1 Å². The number of carboxylic acids is 1. The minimum atomic E-state index is -0.594. The minimum absolute atomic E-state index is 0.129. The van der Waals surface area contributed by atoms with Gasteiger partial charge in [-0.1, -0.05) is 26.2 Å². The van der Waals surface area contributed by atoms with E-state index in [0.717, 1.165) is 6.42 Å². The van der Waals surface area contributed by atoms with Crippen molar-refractivity contribution in [2.45, 2.75) is 51.9 Å². The molecule has 1 N–H and O–H groups in total. The number of hydrogen-bond donors (Lipinski definition) is 1. The van der Waals surface area contributed by atoms with Crippen LogP contribution < -0.4 is 0 Å². The van der Waals surface area contributed by atoms with Crippen LogP contribution in [0.15, 0.2) is 0 Å². The number of carboxylic acid groups (broad SMARTS) is 1. The molecule has 2 heteroatoms. The zero-order valence-corrected chi connectivity index (χ0v) is 8.96. The van der Waals surface area contributed by atoms with Crippen LogP contribution in [0.4, 0.5) is 0 Å². The quantitative estimate of drug-likeness (QED) is 0.737. The summed E-state index contributed by atoms with van der Waals surface area (Å²) in [5, 5.41) is 9.09. The first kappa shape index (κ1) is 10.0. The highest BCUT2D eigenvalue weighted by molar-refractivity contribution is 5.70. The van der Waals surface area contributed by atoms with Gasteiger partial charge >= 0.3 is 5.97 Å². The Balaban J connectivity index is 2.13. The predicted molar refractivity (Wildman–Crippen MR) is 55.0 cm³/mol. The lowest BCUT2D eigenvalue weighted by molar-refractivity contribution is -0.144. The highest BCUT2D eigenvalue weighted by Gasteiger charge is 2.47. The van der Waals surface area contributed by atoms with E-state index in [-0.39, 0.29) is 5.92 Å². The van der Waals surface area contributed by atoms with Crippen LogP contribution in [0.1, 0.15) is 51.9 Å². The molecule has 2 rings (SSSR count). The molecular weight excluding hydrogens is 176 g/mol. The minimum Gasteiger partial charge on any atom is -0.481 e. The smallest absolute Gasteiger partial charge is 0.306 e. The summed E-state index contributed by atoms with van der Waals surface area (Å²) in [5.74, 6) is -0.263. The average Bonchev–Trinajstić information content (AvgIpc) is 2.76. The number of rotatable bonds is 2. The van der Waals surface area contributed by atoms with Crippen LogP contribution in [0.3, 0.4) is 0 Å². The summed E-state index contributed by atoms with van der Waals surface area (Å²) in [7, 11) is 0. The van der Waals surface area contributed by atoms with Gasteiger partial charge in [0, 0.05) is 0 Å². The monoisotopic (exact) mass is 196 g/mol. The van der Waals surface area contributed by atoms with Crippen molar-refractivity contribution in [3.8, 4) is 0 Å². The van der Waals surface area contributed by atoms with E-state index in [1.165, 1.54) is 38.5 Å². The Hall–Kier alpha value is -0.530. The van der Waals surface area contributed by atoms with Crippen molar-refractivity contribution in [2.75, 3.05) is 0 Å². The second kappa shape index (κ2) is 3.56. The normalized spacial score (nSPS) is 32.2.